The Labute approximate surface area is 130 Å². The summed E-state index contributed by atoms with van der Waals surface area (Å²) < 4.78 is 19.1. The summed E-state index contributed by atoms with van der Waals surface area (Å²) in [5.74, 6) is -1.22. The standard InChI is InChI=1S/C15H14ClFO3S/c1-2-3-11-7-13(14(21-11)15(18)19)20-8-9-4-5-10(16)6-12(9)17/h4-7H,2-3,8H2,1H3,(H,18,19). The molecule has 0 radical (unpaired) electrons. The summed E-state index contributed by atoms with van der Waals surface area (Å²) in [5, 5.41) is 9.48. The van der Waals surface area contributed by atoms with Crippen LogP contribution in [0.2, 0.25) is 5.02 Å². The molecule has 112 valence electrons. The smallest absolute Gasteiger partial charge is 0.349 e. The molecule has 1 N–H and O–H groups in total. The van der Waals surface area contributed by atoms with Gasteiger partial charge in [0.05, 0.1) is 0 Å². The number of aryl methyl sites for hydroxylation is 1. The molecule has 1 aromatic heterocycles. The van der Waals surface area contributed by atoms with Gasteiger partial charge < -0.3 is 9.84 Å². The Morgan fingerprint density at radius 3 is 2.81 bits per heavy atom. The van der Waals surface area contributed by atoms with E-state index in [1.165, 1.54) is 23.5 Å². The van der Waals surface area contributed by atoms with E-state index in [9.17, 15) is 14.3 Å². The predicted molar refractivity (Wildman–Crippen MR) is 81.0 cm³/mol. The molecule has 0 spiro atoms. The molecule has 3 nitrogen and oxygen atoms in total. The molecule has 2 rings (SSSR count). The molecule has 0 amide bonds. The predicted octanol–water partition coefficient (Wildman–Crippen LogP) is 4.77. The highest BCUT2D eigenvalue weighted by Crippen LogP contribution is 2.31. The quantitative estimate of drug-likeness (QED) is 0.830. The second kappa shape index (κ2) is 6.91. The number of halogens is 2. The van der Waals surface area contributed by atoms with E-state index in [0.29, 0.717) is 10.6 Å². The van der Waals surface area contributed by atoms with Crippen LogP contribution in [-0.4, -0.2) is 11.1 Å². The van der Waals surface area contributed by atoms with Gasteiger partial charge >= 0.3 is 5.97 Å². The zero-order valence-corrected chi connectivity index (χ0v) is 12.9. The maximum absolute atomic E-state index is 13.7. The van der Waals surface area contributed by atoms with Crippen LogP contribution < -0.4 is 4.74 Å². The minimum atomic E-state index is -1.03. The van der Waals surface area contributed by atoms with Crippen LogP contribution in [0.3, 0.4) is 0 Å². The Kier molecular flexibility index (Phi) is 5.20. The van der Waals surface area contributed by atoms with Gasteiger partial charge in [0, 0.05) is 15.5 Å². The number of hydrogen-bond acceptors (Lipinski definition) is 3. The summed E-state index contributed by atoms with van der Waals surface area (Å²) in [6.45, 7) is 1.98. The third-order valence-electron chi connectivity index (χ3n) is 2.84. The summed E-state index contributed by atoms with van der Waals surface area (Å²) in [4.78, 5) is 12.3. The van der Waals surface area contributed by atoms with Gasteiger partial charge in [0.25, 0.3) is 0 Å². The molecular formula is C15H14ClFO3S. The van der Waals surface area contributed by atoms with Gasteiger partial charge in [-0.3, -0.25) is 0 Å². The summed E-state index contributed by atoms with van der Waals surface area (Å²) in [7, 11) is 0. The van der Waals surface area contributed by atoms with Gasteiger partial charge in [0.2, 0.25) is 0 Å². The molecule has 1 aromatic carbocycles. The van der Waals surface area contributed by atoms with Crippen molar-refractivity contribution in [3.63, 3.8) is 0 Å². The van der Waals surface area contributed by atoms with Gasteiger partial charge in [-0.2, -0.15) is 0 Å². The van der Waals surface area contributed by atoms with Gasteiger partial charge in [0.15, 0.2) is 4.88 Å². The van der Waals surface area contributed by atoms with Gasteiger partial charge in [-0.05, 0) is 24.6 Å². The van der Waals surface area contributed by atoms with Crippen molar-refractivity contribution in [1.29, 1.82) is 0 Å². The van der Waals surface area contributed by atoms with Crippen molar-refractivity contribution in [3.05, 3.63) is 50.4 Å². The molecule has 0 aliphatic heterocycles. The molecule has 6 heteroatoms. The van der Waals surface area contributed by atoms with Crippen LogP contribution in [0.4, 0.5) is 4.39 Å². The molecular weight excluding hydrogens is 315 g/mol. The fraction of sp³-hybridized carbons (Fsp3) is 0.267. The monoisotopic (exact) mass is 328 g/mol. The number of carboxylic acids is 1. The van der Waals surface area contributed by atoms with Crippen LogP contribution in [0, 0.1) is 5.82 Å². The number of ether oxygens (including phenoxy) is 1. The lowest BCUT2D eigenvalue weighted by Crippen LogP contribution is -2.01. The number of hydrogen-bond donors (Lipinski definition) is 1. The second-order valence-electron chi connectivity index (χ2n) is 4.49. The first-order chi connectivity index (χ1) is 10.0. The number of benzene rings is 1. The lowest BCUT2D eigenvalue weighted by atomic mass is 10.2. The average Bonchev–Trinajstić information content (AvgIpc) is 2.81. The van der Waals surface area contributed by atoms with Crippen LogP contribution in [0.25, 0.3) is 0 Å². The summed E-state index contributed by atoms with van der Waals surface area (Å²) in [6, 6.07) is 6.01. The number of thiophene rings is 1. The summed E-state index contributed by atoms with van der Waals surface area (Å²) in [6.07, 6.45) is 1.72. The van der Waals surface area contributed by atoms with Crippen molar-refractivity contribution in [2.24, 2.45) is 0 Å². The Morgan fingerprint density at radius 1 is 1.43 bits per heavy atom. The van der Waals surface area contributed by atoms with Crippen molar-refractivity contribution in [3.8, 4) is 5.75 Å². The highest BCUT2D eigenvalue weighted by atomic mass is 35.5. The van der Waals surface area contributed by atoms with E-state index in [1.54, 1.807) is 12.1 Å². The number of aromatic carboxylic acids is 1. The van der Waals surface area contributed by atoms with Crippen LogP contribution >= 0.6 is 22.9 Å². The lowest BCUT2D eigenvalue weighted by Gasteiger charge is -2.06. The molecule has 0 aliphatic rings. The second-order valence-corrected chi connectivity index (χ2v) is 6.06. The fourth-order valence-electron chi connectivity index (χ4n) is 1.84. The van der Waals surface area contributed by atoms with Crippen molar-refractivity contribution in [2.75, 3.05) is 0 Å². The Morgan fingerprint density at radius 2 is 2.19 bits per heavy atom. The van der Waals surface area contributed by atoms with Gasteiger partial charge in [-0.25, -0.2) is 9.18 Å². The van der Waals surface area contributed by atoms with Gasteiger partial charge in [-0.15, -0.1) is 11.3 Å². The van der Waals surface area contributed by atoms with Gasteiger partial charge in [-0.1, -0.05) is 31.0 Å². The molecule has 0 aliphatic carbocycles. The lowest BCUT2D eigenvalue weighted by molar-refractivity contribution is 0.0697. The molecule has 0 fully saturated rings. The van der Waals surface area contributed by atoms with E-state index in [2.05, 4.69) is 0 Å². The van der Waals surface area contributed by atoms with Crippen molar-refractivity contribution in [1.82, 2.24) is 0 Å². The zero-order chi connectivity index (χ0) is 15.4. The number of rotatable bonds is 6. The van der Waals surface area contributed by atoms with Crippen molar-refractivity contribution >= 4 is 28.9 Å². The van der Waals surface area contributed by atoms with E-state index in [0.717, 1.165) is 17.7 Å². The van der Waals surface area contributed by atoms with Crippen LogP contribution in [-0.2, 0) is 13.0 Å². The third kappa shape index (κ3) is 3.95. The molecule has 1 heterocycles. The zero-order valence-electron chi connectivity index (χ0n) is 11.4. The minimum absolute atomic E-state index is 0.0361. The number of carboxylic acid groups (broad SMARTS) is 1. The highest BCUT2D eigenvalue weighted by Gasteiger charge is 2.17. The largest absolute Gasteiger partial charge is 0.487 e. The van der Waals surface area contributed by atoms with Gasteiger partial charge in [0.1, 0.15) is 18.2 Å². The topological polar surface area (TPSA) is 46.5 Å². The van der Waals surface area contributed by atoms with Crippen LogP contribution in [0.15, 0.2) is 24.3 Å². The number of carbonyl (C=O) groups is 1. The molecule has 0 bridgehead atoms. The van der Waals surface area contributed by atoms with E-state index in [-0.39, 0.29) is 17.2 Å². The first-order valence-corrected chi connectivity index (χ1v) is 7.63. The normalized spacial score (nSPS) is 10.6. The summed E-state index contributed by atoms with van der Waals surface area (Å²) >= 11 is 6.88. The molecule has 0 saturated carbocycles. The molecule has 0 atom stereocenters. The Bertz CT molecular complexity index is 654. The van der Waals surface area contributed by atoms with Crippen molar-refractivity contribution in [2.45, 2.75) is 26.4 Å². The maximum Gasteiger partial charge on any atom is 0.349 e. The van der Waals surface area contributed by atoms with Crippen LogP contribution in [0.1, 0.15) is 33.5 Å². The average molecular weight is 329 g/mol. The molecule has 2 aromatic rings. The first-order valence-electron chi connectivity index (χ1n) is 6.44. The molecule has 0 unspecified atom stereocenters. The highest BCUT2D eigenvalue weighted by molar-refractivity contribution is 7.14. The Hall–Kier alpha value is -1.59. The third-order valence-corrected chi connectivity index (χ3v) is 4.24. The molecule has 0 saturated heterocycles. The van der Waals surface area contributed by atoms with Crippen LogP contribution in [0.5, 0.6) is 5.75 Å². The maximum atomic E-state index is 13.7. The SMILES string of the molecule is CCCc1cc(OCc2ccc(Cl)cc2F)c(C(=O)O)s1. The van der Waals surface area contributed by atoms with E-state index in [1.807, 2.05) is 6.92 Å². The van der Waals surface area contributed by atoms with E-state index < -0.39 is 11.8 Å². The van der Waals surface area contributed by atoms with E-state index >= 15 is 0 Å². The summed E-state index contributed by atoms with van der Waals surface area (Å²) in [5.41, 5.74) is 0.332. The molecule has 21 heavy (non-hydrogen) atoms. The minimum Gasteiger partial charge on any atom is -0.487 e. The fourth-order valence-corrected chi connectivity index (χ4v) is 3.04. The first kappa shape index (κ1) is 15.8. The van der Waals surface area contributed by atoms with Crippen molar-refractivity contribution < 1.29 is 19.0 Å². The Balaban J connectivity index is 2.16. The van der Waals surface area contributed by atoms with E-state index in [4.69, 9.17) is 16.3 Å².